The maximum atomic E-state index is 8.86. The first-order chi connectivity index (χ1) is 6.02. The molecule has 0 aromatic heterocycles. The molecule has 0 aliphatic carbocycles. The Labute approximate surface area is 177 Å². The summed E-state index contributed by atoms with van der Waals surface area (Å²) in [5, 5.41) is 35.3. The van der Waals surface area contributed by atoms with Crippen molar-refractivity contribution >= 4 is 0 Å². The first-order valence-corrected chi connectivity index (χ1v) is 3.85. The van der Waals surface area contributed by atoms with Gasteiger partial charge >= 0.3 is 0 Å². The Balaban J connectivity index is -0.000000211. The third kappa shape index (κ3) is 9.20. The van der Waals surface area contributed by atoms with Gasteiger partial charge in [-0.3, -0.25) is 0 Å². The van der Waals surface area contributed by atoms with Gasteiger partial charge in [0.05, 0.1) is 0 Å². The third-order valence-electron chi connectivity index (χ3n) is 1.87. The van der Waals surface area contributed by atoms with Gasteiger partial charge in [-0.15, -0.1) is 0 Å². The summed E-state index contributed by atoms with van der Waals surface area (Å²) in [7, 11) is 0. The molecule has 0 aliphatic heterocycles. The van der Waals surface area contributed by atoms with E-state index in [-0.39, 0.29) is 105 Å². The van der Waals surface area contributed by atoms with E-state index >= 15 is 0 Å². The summed E-state index contributed by atoms with van der Waals surface area (Å²) in [5.41, 5.74) is 1.31. The van der Waals surface area contributed by atoms with Crippen LogP contribution >= 0.6 is 0 Å². The Kier molecular flexibility index (Phi) is 22.2. The van der Waals surface area contributed by atoms with Crippen LogP contribution in [0.5, 0.6) is 0 Å². The zero-order valence-electron chi connectivity index (χ0n) is 9.18. The molecule has 8 heteroatoms. The second-order valence-electron chi connectivity index (χ2n) is 2.86. The molecule has 17 heavy (non-hydrogen) atoms. The van der Waals surface area contributed by atoms with Crippen molar-refractivity contribution in [2.24, 2.45) is 0 Å². The molecule has 0 aliphatic rings. The molecule has 4 N–H and O–H groups in total. The van der Waals surface area contributed by atoms with Gasteiger partial charge in [0, 0.05) is 116 Å². The first kappa shape index (κ1) is 27.9. The quantitative estimate of drug-likeness (QED) is 0.391. The SMILES string of the molecule is Cc1cc(C(O)O)ccc1C(O)O.[Zr].[Zr].[Zr].[Zr]. The van der Waals surface area contributed by atoms with Gasteiger partial charge in [0.15, 0.2) is 12.6 Å². The van der Waals surface area contributed by atoms with E-state index in [0.717, 1.165) is 0 Å². The Hall–Kier alpha value is 2.59. The molecule has 0 atom stereocenters. The van der Waals surface area contributed by atoms with Crippen LogP contribution in [0.2, 0.25) is 0 Å². The molecule has 0 radical (unpaired) electrons. The zero-order valence-corrected chi connectivity index (χ0v) is 19.0. The largest absolute Gasteiger partial charge is 0.364 e. The minimum atomic E-state index is -1.52. The van der Waals surface area contributed by atoms with E-state index in [1.807, 2.05) is 0 Å². The molecule has 1 aromatic rings. The van der Waals surface area contributed by atoms with E-state index in [4.69, 9.17) is 20.4 Å². The number of benzene rings is 1. The van der Waals surface area contributed by atoms with Gasteiger partial charge < -0.3 is 20.4 Å². The molecule has 4 nitrogen and oxygen atoms in total. The van der Waals surface area contributed by atoms with Crippen molar-refractivity contribution in [2.45, 2.75) is 19.5 Å². The standard InChI is InChI=1S/C9H12O4.4Zr/c1-5-4-6(8(10)11)2-3-7(5)9(12)13;;;;/h2-4,8-13H,1H3;;;;. The number of aryl methyl sites for hydroxylation is 1. The van der Waals surface area contributed by atoms with Crippen molar-refractivity contribution in [3.63, 3.8) is 0 Å². The van der Waals surface area contributed by atoms with E-state index in [9.17, 15) is 0 Å². The van der Waals surface area contributed by atoms with E-state index in [1.54, 1.807) is 6.92 Å². The van der Waals surface area contributed by atoms with Crippen LogP contribution in [-0.2, 0) is 105 Å². The van der Waals surface area contributed by atoms with Crippen LogP contribution in [0.1, 0.15) is 29.3 Å². The molecular weight excluding hydrogens is 537 g/mol. The minimum absolute atomic E-state index is 0. The van der Waals surface area contributed by atoms with Crippen molar-refractivity contribution in [2.75, 3.05) is 0 Å². The predicted molar refractivity (Wildman–Crippen MR) is 45.5 cm³/mol. The summed E-state index contributed by atoms with van der Waals surface area (Å²) in [4.78, 5) is 0. The molecule has 1 rings (SSSR count). The number of aliphatic hydroxyl groups excluding tert-OH is 2. The number of hydrogen-bond donors (Lipinski definition) is 4. The van der Waals surface area contributed by atoms with Gasteiger partial charge in [0.2, 0.25) is 0 Å². The molecule has 0 fully saturated rings. The summed E-state index contributed by atoms with van der Waals surface area (Å²) in [5.74, 6) is 0. The molecular formula is C9H12O4Zr4. The van der Waals surface area contributed by atoms with Crippen LogP contribution in [0.25, 0.3) is 0 Å². The second kappa shape index (κ2) is 13.6. The number of hydrogen-bond acceptors (Lipinski definition) is 4. The van der Waals surface area contributed by atoms with Crippen molar-refractivity contribution in [1.82, 2.24) is 0 Å². The van der Waals surface area contributed by atoms with Gasteiger partial charge in [0.25, 0.3) is 0 Å². The maximum Gasteiger partial charge on any atom is 0.178 e. The average molecular weight is 549 g/mol. The third-order valence-corrected chi connectivity index (χ3v) is 1.87. The topological polar surface area (TPSA) is 80.9 Å². The molecule has 0 heterocycles. The molecule has 0 saturated heterocycles. The molecule has 88 valence electrons. The molecule has 0 spiro atoms. The van der Waals surface area contributed by atoms with Crippen molar-refractivity contribution < 1.29 is 125 Å². The fourth-order valence-electron chi connectivity index (χ4n) is 1.15. The Morgan fingerprint density at radius 3 is 1.59 bits per heavy atom. The molecule has 1 aromatic carbocycles. The van der Waals surface area contributed by atoms with Crippen molar-refractivity contribution in [1.29, 1.82) is 0 Å². The van der Waals surface area contributed by atoms with E-state index < -0.39 is 12.6 Å². The summed E-state index contributed by atoms with van der Waals surface area (Å²) in [6.07, 6.45) is -3.05. The summed E-state index contributed by atoms with van der Waals surface area (Å²) in [6, 6.07) is 4.39. The van der Waals surface area contributed by atoms with E-state index in [2.05, 4.69) is 0 Å². The van der Waals surface area contributed by atoms with Gasteiger partial charge in [-0.1, -0.05) is 18.2 Å². The smallest absolute Gasteiger partial charge is 0.178 e. The predicted octanol–water partition coefficient (Wildman–Crippen LogP) is -0.0486. The van der Waals surface area contributed by atoms with Crippen LogP contribution in [0.4, 0.5) is 0 Å². The fraction of sp³-hybridized carbons (Fsp3) is 0.333. The van der Waals surface area contributed by atoms with Crippen molar-refractivity contribution in [3.8, 4) is 0 Å². The van der Waals surface area contributed by atoms with Crippen LogP contribution in [-0.4, -0.2) is 20.4 Å². The monoisotopic (exact) mass is 544 g/mol. The molecule has 0 bridgehead atoms. The zero-order chi connectivity index (χ0) is 10.0. The van der Waals surface area contributed by atoms with Gasteiger partial charge in [-0.05, 0) is 12.5 Å². The summed E-state index contributed by atoms with van der Waals surface area (Å²) >= 11 is 0. The van der Waals surface area contributed by atoms with Gasteiger partial charge in [-0.2, -0.15) is 0 Å². The fourth-order valence-corrected chi connectivity index (χ4v) is 1.15. The van der Waals surface area contributed by atoms with Crippen LogP contribution in [0, 0.1) is 6.92 Å². The number of aliphatic hydroxyl groups is 4. The molecule has 0 unspecified atom stereocenters. The summed E-state index contributed by atoms with van der Waals surface area (Å²) < 4.78 is 0. The van der Waals surface area contributed by atoms with Crippen LogP contribution in [0.3, 0.4) is 0 Å². The number of rotatable bonds is 2. The maximum absolute atomic E-state index is 8.86. The van der Waals surface area contributed by atoms with Crippen molar-refractivity contribution in [3.05, 3.63) is 34.9 Å². The average Bonchev–Trinajstić information content (AvgIpc) is 2.03. The van der Waals surface area contributed by atoms with E-state index in [0.29, 0.717) is 16.7 Å². The Morgan fingerprint density at radius 2 is 1.29 bits per heavy atom. The van der Waals surface area contributed by atoms with E-state index in [1.165, 1.54) is 18.2 Å². The Morgan fingerprint density at radius 1 is 0.824 bits per heavy atom. The van der Waals surface area contributed by atoms with Crippen LogP contribution in [0.15, 0.2) is 18.2 Å². The van der Waals surface area contributed by atoms with Crippen LogP contribution < -0.4 is 0 Å². The Bertz CT molecular complexity index is 307. The molecule has 0 amide bonds. The normalized spacial score (nSPS) is 8.65. The first-order valence-electron chi connectivity index (χ1n) is 3.85. The minimum Gasteiger partial charge on any atom is -0.364 e. The second-order valence-corrected chi connectivity index (χ2v) is 2.86. The molecule has 0 saturated carbocycles. The van der Waals surface area contributed by atoms with Gasteiger partial charge in [-0.25, -0.2) is 0 Å². The summed E-state index contributed by atoms with van der Waals surface area (Å²) in [6.45, 7) is 1.67. The van der Waals surface area contributed by atoms with Gasteiger partial charge in [0.1, 0.15) is 0 Å².